The number of rotatable bonds is 5. The first-order valence-electron chi connectivity index (χ1n) is 9.21. The molecule has 0 amide bonds. The van der Waals surface area contributed by atoms with Gasteiger partial charge in [0, 0.05) is 35.2 Å². The van der Waals surface area contributed by atoms with Crippen LogP contribution >= 0.6 is 12.6 Å². The van der Waals surface area contributed by atoms with Crippen LogP contribution in [0.25, 0.3) is 11.3 Å². The van der Waals surface area contributed by atoms with Crippen LogP contribution < -0.4 is 15.8 Å². The highest BCUT2D eigenvalue weighted by atomic mass is 32.1. The van der Waals surface area contributed by atoms with Gasteiger partial charge in [0.05, 0.1) is 24.6 Å². The lowest BCUT2D eigenvalue weighted by molar-refractivity contribution is 0.0259. The molecule has 144 valence electrons. The monoisotopic (exact) mass is 394 g/mol. The van der Waals surface area contributed by atoms with Crippen molar-refractivity contribution in [1.82, 2.24) is 9.97 Å². The van der Waals surface area contributed by atoms with Crippen LogP contribution in [0.15, 0.2) is 59.6 Å². The molecule has 0 radical (unpaired) electrons. The zero-order valence-electron chi connectivity index (χ0n) is 15.3. The number of aromatic nitrogens is 2. The quantitative estimate of drug-likeness (QED) is 0.442. The molecule has 7 heteroatoms. The Balaban J connectivity index is 1.51. The van der Waals surface area contributed by atoms with Gasteiger partial charge in [-0.15, -0.1) is 12.6 Å². The molecule has 6 nitrogen and oxygen atoms in total. The van der Waals surface area contributed by atoms with Gasteiger partial charge in [-0.05, 0) is 42.5 Å². The van der Waals surface area contributed by atoms with Gasteiger partial charge >= 0.3 is 0 Å². The molecule has 0 bridgehead atoms. The van der Waals surface area contributed by atoms with E-state index in [1.165, 1.54) is 0 Å². The number of benzene rings is 2. The van der Waals surface area contributed by atoms with Crippen molar-refractivity contribution < 1.29 is 9.47 Å². The number of hydrogen-bond donors (Lipinski definition) is 3. The molecule has 3 N–H and O–H groups in total. The summed E-state index contributed by atoms with van der Waals surface area (Å²) in [5, 5.41) is 3.20. The summed E-state index contributed by atoms with van der Waals surface area (Å²) >= 11 is 4.35. The van der Waals surface area contributed by atoms with E-state index in [9.17, 15) is 0 Å². The summed E-state index contributed by atoms with van der Waals surface area (Å²) in [7, 11) is 0. The van der Waals surface area contributed by atoms with E-state index in [1.807, 2.05) is 48.5 Å². The average molecular weight is 395 g/mol. The molecule has 1 aliphatic heterocycles. The van der Waals surface area contributed by atoms with Crippen molar-refractivity contribution in [3.8, 4) is 17.0 Å². The molecule has 2 aromatic carbocycles. The van der Waals surface area contributed by atoms with Gasteiger partial charge in [0.25, 0.3) is 0 Å². The van der Waals surface area contributed by atoms with E-state index in [-0.39, 0.29) is 6.10 Å². The smallest absolute Gasteiger partial charge is 0.227 e. The van der Waals surface area contributed by atoms with Crippen molar-refractivity contribution in [3.05, 3.63) is 54.7 Å². The third-order valence-electron chi connectivity index (χ3n) is 4.53. The average Bonchev–Trinajstić information content (AvgIpc) is 2.71. The van der Waals surface area contributed by atoms with Crippen LogP contribution in [0.4, 0.5) is 17.3 Å². The van der Waals surface area contributed by atoms with Gasteiger partial charge in [0.1, 0.15) is 11.9 Å². The summed E-state index contributed by atoms with van der Waals surface area (Å²) < 4.78 is 11.4. The van der Waals surface area contributed by atoms with Gasteiger partial charge in [-0.1, -0.05) is 6.07 Å². The van der Waals surface area contributed by atoms with Crippen molar-refractivity contribution in [1.29, 1.82) is 0 Å². The van der Waals surface area contributed by atoms with Crippen LogP contribution in [0.5, 0.6) is 5.75 Å². The maximum atomic E-state index is 6.23. The minimum absolute atomic E-state index is 0.152. The number of nitrogens with two attached hydrogens (primary N) is 1. The topological polar surface area (TPSA) is 82.3 Å². The largest absolute Gasteiger partial charge is 0.488 e. The lowest BCUT2D eigenvalue weighted by atomic mass is 10.1. The predicted octanol–water partition coefficient (Wildman–Crippen LogP) is 4.32. The van der Waals surface area contributed by atoms with E-state index >= 15 is 0 Å². The van der Waals surface area contributed by atoms with E-state index < -0.39 is 0 Å². The molecule has 1 saturated heterocycles. The van der Waals surface area contributed by atoms with E-state index in [0.717, 1.165) is 47.9 Å². The lowest BCUT2D eigenvalue weighted by Gasteiger charge is -2.24. The minimum atomic E-state index is 0.152. The Morgan fingerprint density at radius 1 is 1.11 bits per heavy atom. The molecular weight excluding hydrogens is 372 g/mol. The van der Waals surface area contributed by atoms with Gasteiger partial charge in [0.2, 0.25) is 5.95 Å². The summed E-state index contributed by atoms with van der Waals surface area (Å²) in [6.45, 7) is 1.46. The molecule has 0 atom stereocenters. The third-order valence-corrected chi connectivity index (χ3v) is 4.80. The van der Waals surface area contributed by atoms with Gasteiger partial charge < -0.3 is 20.5 Å². The SMILES string of the molecule is Nc1cc(-c2ccnc(Nc3cccc(S)c3)n2)ccc1OC1CCOCC1. The fourth-order valence-electron chi connectivity index (χ4n) is 3.08. The number of nitrogens with zero attached hydrogens (tertiary/aromatic N) is 2. The zero-order valence-corrected chi connectivity index (χ0v) is 16.2. The summed E-state index contributed by atoms with van der Waals surface area (Å²) in [4.78, 5) is 9.76. The highest BCUT2D eigenvalue weighted by molar-refractivity contribution is 7.80. The van der Waals surface area contributed by atoms with Crippen LogP contribution in [-0.2, 0) is 4.74 Å². The molecule has 0 unspecified atom stereocenters. The number of nitrogen functional groups attached to an aromatic ring is 1. The van der Waals surface area contributed by atoms with Crippen molar-refractivity contribution in [2.45, 2.75) is 23.8 Å². The van der Waals surface area contributed by atoms with Gasteiger partial charge in [-0.2, -0.15) is 0 Å². The Morgan fingerprint density at radius 3 is 2.75 bits per heavy atom. The highest BCUT2D eigenvalue weighted by Gasteiger charge is 2.16. The molecule has 3 aromatic rings. The number of thiol groups is 1. The standard InChI is InChI=1S/C21H22N4O2S/c22-18-12-14(4-5-20(18)27-16-7-10-26-11-8-16)19-6-9-23-21(25-19)24-15-2-1-3-17(28)13-15/h1-6,9,12-13,16,28H,7-8,10-11,22H2,(H,23,24,25). The van der Waals surface area contributed by atoms with E-state index in [4.69, 9.17) is 15.2 Å². The van der Waals surface area contributed by atoms with E-state index in [2.05, 4.69) is 27.9 Å². The molecule has 28 heavy (non-hydrogen) atoms. The minimum Gasteiger partial charge on any atom is -0.488 e. The first-order valence-corrected chi connectivity index (χ1v) is 9.65. The van der Waals surface area contributed by atoms with Crippen LogP contribution in [0, 0.1) is 0 Å². The molecule has 0 aliphatic carbocycles. The third kappa shape index (κ3) is 4.55. The van der Waals surface area contributed by atoms with E-state index in [1.54, 1.807) is 6.20 Å². The van der Waals surface area contributed by atoms with Crippen molar-refractivity contribution >= 4 is 30.0 Å². The second-order valence-electron chi connectivity index (χ2n) is 6.62. The number of hydrogen-bond acceptors (Lipinski definition) is 7. The zero-order chi connectivity index (χ0) is 19.3. The number of ether oxygens (including phenoxy) is 2. The van der Waals surface area contributed by atoms with Gasteiger partial charge in [0.15, 0.2) is 0 Å². The van der Waals surface area contributed by atoms with E-state index in [0.29, 0.717) is 17.4 Å². The molecule has 1 aromatic heterocycles. The van der Waals surface area contributed by atoms with Crippen molar-refractivity contribution in [3.63, 3.8) is 0 Å². The fraction of sp³-hybridized carbons (Fsp3) is 0.238. The van der Waals surface area contributed by atoms with Crippen LogP contribution in [0.2, 0.25) is 0 Å². The first-order chi connectivity index (χ1) is 13.7. The summed E-state index contributed by atoms with van der Waals surface area (Å²) in [6, 6.07) is 15.3. The van der Waals surface area contributed by atoms with Crippen molar-refractivity contribution in [2.75, 3.05) is 24.3 Å². The Kier molecular flexibility index (Phi) is 5.64. The molecule has 2 heterocycles. The second kappa shape index (κ2) is 8.50. The fourth-order valence-corrected chi connectivity index (χ4v) is 3.31. The van der Waals surface area contributed by atoms with Crippen molar-refractivity contribution in [2.24, 2.45) is 0 Å². The van der Waals surface area contributed by atoms with Gasteiger partial charge in [-0.25, -0.2) is 9.97 Å². The maximum Gasteiger partial charge on any atom is 0.227 e. The predicted molar refractivity (Wildman–Crippen MR) is 113 cm³/mol. The number of nitrogens with one attached hydrogen (secondary N) is 1. The lowest BCUT2D eigenvalue weighted by Crippen LogP contribution is -2.26. The summed E-state index contributed by atoms with van der Waals surface area (Å²) in [6.07, 6.45) is 3.64. The van der Waals surface area contributed by atoms with Crippen LogP contribution in [0.1, 0.15) is 12.8 Å². The number of anilines is 3. The Morgan fingerprint density at radius 2 is 1.96 bits per heavy atom. The maximum absolute atomic E-state index is 6.23. The normalized spacial score (nSPS) is 14.6. The molecule has 0 spiro atoms. The molecule has 1 aliphatic rings. The molecule has 0 saturated carbocycles. The summed E-state index contributed by atoms with van der Waals surface area (Å²) in [5.41, 5.74) is 9.40. The van der Waals surface area contributed by atoms with Crippen LogP contribution in [0.3, 0.4) is 0 Å². The van der Waals surface area contributed by atoms with Gasteiger partial charge in [-0.3, -0.25) is 0 Å². The Bertz CT molecular complexity index is 961. The Hall–Kier alpha value is -2.77. The molecule has 1 fully saturated rings. The van der Waals surface area contributed by atoms with Crippen LogP contribution in [-0.4, -0.2) is 29.3 Å². The second-order valence-corrected chi connectivity index (χ2v) is 7.14. The first kappa shape index (κ1) is 18.6. The Labute approximate surface area is 169 Å². The summed E-state index contributed by atoms with van der Waals surface area (Å²) in [5.74, 6) is 1.21. The molecule has 4 rings (SSSR count). The molecular formula is C21H22N4O2S. The highest BCUT2D eigenvalue weighted by Crippen LogP contribution is 2.30.